The number of aromatic nitrogens is 2. The smallest absolute Gasteiger partial charge is 0.297 e. The van der Waals surface area contributed by atoms with E-state index in [2.05, 4.69) is 4.98 Å². The predicted molar refractivity (Wildman–Crippen MR) is 58.3 cm³/mol. The minimum absolute atomic E-state index is 0.179. The second-order valence-corrected chi connectivity index (χ2v) is 4.04. The highest BCUT2D eigenvalue weighted by molar-refractivity contribution is 5.20. The Kier molecular flexibility index (Phi) is 2.75. The molecule has 82 valence electrons. The predicted octanol–water partition coefficient (Wildman–Crippen LogP) is 0.825. The van der Waals surface area contributed by atoms with Crippen molar-refractivity contribution in [2.45, 2.75) is 45.6 Å². The summed E-state index contributed by atoms with van der Waals surface area (Å²) in [6.07, 6.45) is 4.74. The fourth-order valence-corrected chi connectivity index (χ4v) is 2.25. The molecule has 4 nitrogen and oxygen atoms in total. The third kappa shape index (κ3) is 1.76. The maximum absolute atomic E-state index is 11.6. The molecule has 1 aliphatic rings. The summed E-state index contributed by atoms with van der Waals surface area (Å²) in [5.74, 6) is 0. The first-order chi connectivity index (χ1) is 7.24. The molecule has 1 heterocycles. The lowest BCUT2D eigenvalue weighted by molar-refractivity contribution is 0.546. The molecule has 15 heavy (non-hydrogen) atoms. The largest absolute Gasteiger partial charge is 0.328 e. The number of rotatable bonds is 2. The summed E-state index contributed by atoms with van der Waals surface area (Å²) in [4.78, 5) is 25.6. The molecular weight excluding hydrogens is 192 g/mol. The zero-order valence-electron chi connectivity index (χ0n) is 9.01. The van der Waals surface area contributed by atoms with Gasteiger partial charge in [-0.3, -0.25) is 14.3 Å². The lowest BCUT2D eigenvalue weighted by Gasteiger charge is -2.19. The van der Waals surface area contributed by atoms with Crippen molar-refractivity contribution in [3.05, 3.63) is 32.1 Å². The topological polar surface area (TPSA) is 54.9 Å². The van der Waals surface area contributed by atoms with E-state index in [0.717, 1.165) is 43.4 Å². The highest BCUT2D eigenvalue weighted by Crippen LogP contribution is 2.16. The molecule has 0 amide bonds. The van der Waals surface area contributed by atoms with E-state index in [1.807, 2.05) is 6.92 Å². The SMILES string of the molecule is CCCn1c2c(c(=O)[nH]c1=O)CCCC2. The normalized spacial score (nSPS) is 15.0. The van der Waals surface area contributed by atoms with Crippen LogP contribution in [0.1, 0.15) is 37.4 Å². The van der Waals surface area contributed by atoms with Gasteiger partial charge >= 0.3 is 5.69 Å². The Bertz CT molecular complexity index is 470. The first-order valence-corrected chi connectivity index (χ1v) is 5.59. The minimum Gasteiger partial charge on any atom is -0.297 e. The zero-order valence-corrected chi connectivity index (χ0v) is 9.01. The number of hydrogen-bond acceptors (Lipinski definition) is 2. The van der Waals surface area contributed by atoms with Gasteiger partial charge in [0, 0.05) is 17.8 Å². The van der Waals surface area contributed by atoms with E-state index in [1.165, 1.54) is 0 Å². The van der Waals surface area contributed by atoms with E-state index in [0.29, 0.717) is 6.54 Å². The average Bonchev–Trinajstić information content (AvgIpc) is 2.24. The van der Waals surface area contributed by atoms with E-state index < -0.39 is 0 Å². The summed E-state index contributed by atoms with van der Waals surface area (Å²) in [5.41, 5.74) is 1.37. The van der Waals surface area contributed by atoms with E-state index in [1.54, 1.807) is 4.57 Å². The summed E-state index contributed by atoms with van der Waals surface area (Å²) in [6.45, 7) is 2.74. The van der Waals surface area contributed by atoms with Crippen molar-refractivity contribution >= 4 is 0 Å². The highest BCUT2D eigenvalue weighted by atomic mass is 16.2. The Morgan fingerprint density at radius 2 is 2.00 bits per heavy atom. The van der Waals surface area contributed by atoms with Crippen LogP contribution in [-0.4, -0.2) is 9.55 Å². The second-order valence-electron chi connectivity index (χ2n) is 4.04. The van der Waals surface area contributed by atoms with Gasteiger partial charge in [0.25, 0.3) is 5.56 Å². The van der Waals surface area contributed by atoms with Gasteiger partial charge in [-0.2, -0.15) is 0 Å². The van der Waals surface area contributed by atoms with Crippen LogP contribution in [0.2, 0.25) is 0 Å². The Morgan fingerprint density at radius 3 is 2.73 bits per heavy atom. The molecule has 1 aromatic rings. The first-order valence-electron chi connectivity index (χ1n) is 5.59. The van der Waals surface area contributed by atoms with Crippen LogP contribution in [0, 0.1) is 0 Å². The molecule has 0 unspecified atom stereocenters. The average molecular weight is 208 g/mol. The highest BCUT2D eigenvalue weighted by Gasteiger charge is 2.17. The van der Waals surface area contributed by atoms with Gasteiger partial charge in [0.2, 0.25) is 0 Å². The van der Waals surface area contributed by atoms with Gasteiger partial charge in [-0.25, -0.2) is 4.79 Å². The van der Waals surface area contributed by atoms with Crippen LogP contribution in [0.15, 0.2) is 9.59 Å². The maximum atomic E-state index is 11.6. The summed E-state index contributed by atoms with van der Waals surface area (Å²) in [5, 5.41) is 0. The van der Waals surface area contributed by atoms with Crippen LogP contribution >= 0.6 is 0 Å². The quantitative estimate of drug-likeness (QED) is 0.782. The van der Waals surface area contributed by atoms with E-state index in [4.69, 9.17) is 0 Å². The van der Waals surface area contributed by atoms with Gasteiger partial charge in [-0.15, -0.1) is 0 Å². The molecule has 1 aromatic heterocycles. The van der Waals surface area contributed by atoms with Crippen molar-refractivity contribution in [1.82, 2.24) is 9.55 Å². The molecule has 0 saturated heterocycles. The number of H-pyrrole nitrogens is 1. The number of fused-ring (bicyclic) bond motifs is 1. The Hall–Kier alpha value is -1.32. The molecule has 0 aliphatic heterocycles. The Morgan fingerprint density at radius 1 is 1.27 bits per heavy atom. The van der Waals surface area contributed by atoms with Crippen molar-refractivity contribution in [3.63, 3.8) is 0 Å². The van der Waals surface area contributed by atoms with Crippen molar-refractivity contribution < 1.29 is 0 Å². The number of aromatic amines is 1. The number of nitrogens with one attached hydrogen (secondary N) is 1. The van der Waals surface area contributed by atoms with Crippen LogP contribution in [0.4, 0.5) is 0 Å². The maximum Gasteiger partial charge on any atom is 0.328 e. The van der Waals surface area contributed by atoms with Gasteiger partial charge in [-0.05, 0) is 32.1 Å². The van der Waals surface area contributed by atoms with Crippen LogP contribution in [-0.2, 0) is 19.4 Å². The van der Waals surface area contributed by atoms with Gasteiger partial charge in [0.1, 0.15) is 0 Å². The van der Waals surface area contributed by atoms with Crippen molar-refractivity contribution in [2.24, 2.45) is 0 Å². The number of hydrogen-bond donors (Lipinski definition) is 1. The third-order valence-electron chi connectivity index (χ3n) is 2.95. The summed E-state index contributed by atoms with van der Waals surface area (Å²) in [7, 11) is 0. The molecule has 1 aliphatic carbocycles. The van der Waals surface area contributed by atoms with E-state index >= 15 is 0 Å². The van der Waals surface area contributed by atoms with Crippen molar-refractivity contribution in [3.8, 4) is 0 Å². The van der Waals surface area contributed by atoms with Crippen molar-refractivity contribution in [2.75, 3.05) is 0 Å². The Balaban J connectivity index is 2.63. The monoisotopic (exact) mass is 208 g/mol. The van der Waals surface area contributed by atoms with E-state index in [-0.39, 0.29) is 11.2 Å². The summed E-state index contributed by atoms with van der Waals surface area (Å²) in [6, 6.07) is 0. The Labute approximate surface area is 88.0 Å². The molecule has 4 heteroatoms. The molecule has 0 saturated carbocycles. The molecule has 1 N–H and O–H groups in total. The number of nitrogens with zero attached hydrogens (tertiary/aromatic N) is 1. The van der Waals surface area contributed by atoms with Gasteiger partial charge < -0.3 is 0 Å². The lowest BCUT2D eigenvalue weighted by Crippen LogP contribution is -2.36. The fourth-order valence-electron chi connectivity index (χ4n) is 2.25. The third-order valence-corrected chi connectivity index (χ3v) is 2.95. The summed E-state index contributed by atoms with van der Waals surface area (Å²) >= 11 is 0. The van der Waals surface area contributed by atoms with Crippen LogP contribution in [0.5, 0.6) is 0 Å². The van der Waals surface area contributed by atoms with E-state index in [9.17, 15) is 9.59 Å². The van der Waals surface area contributed by atoms with Crippen LogP contribution in [0.3, 0.4) is 0 Å². The molecule has 0 aromatic carbocycles. The first kappa shape index (κ1) is 10.2. The van der Waals surface area contributed by atoms with Gasteiger partial charge in [-0.1, -0.05) is 6.92 Å². The van der Waals surface area contributed by atoms with Crippen molar-refractivity contribution in [1.29, 1.82) is 0 Å². The molecule has 2 rings (SSSR count). The zero-order chi connectivity index (χ0) is 10.8. The summed E-state index contributed by atoms with van der Waals surface area (Å²) < 4.78 is 1.73. The standard InChI is InChI=1S/C11H16N2O2/c1-2-7-13-9-6-4-3-5-8(9)10(14)12-11(13)15/h2-7H2,1H3,(H,12,14,15). The molecule has 0 bridgehead atoms. The molecule has 0 fully saturated rings. The minimum atomic E-state index is -0.248. The van der Waals surface area contributed by atoms with Crippen LogP contribution in [0.25, 0.3) is 0 Å². The molecule has 0 radical (unpaired) electrons. The van der Waals surface area contributed by atoms with Gasteiger partial charge in [0.15, 0.2) is 0 Å². The molecule has 0 spiro atoms. The molecular formula is C11H16N2O2. The lowest BCUT2D eigenvalue weighted by atomic mass is 9.97. The second kappa shape index (κ2) is 4.04. The van der Waals surface area contributed by atoms with Crippen LogP contribution < -0.4 is 11.2 Å². The fraction of sp³-hybridized carbons (Fsp3) is 0.636. The molecule has 0 atom stereocenters. The van der Waals surface area contributed by atoms with Gasteiger partial charge in [0.05, 0.1) is 0 Å².